The largest absolute Gasteiger partial charge is 0.494 e. The van der Waals surface area contributed by atoms with Gasteiger partial charge >= 0.3 is 11.9 Å². The normalized spacial score (nSPS) is 16.1. The van der Waals surface area contributed by atoms with E-state index in [4.69, 9.17) is 28.4 Å². The van der Waals surface area contributed by atoms with Gasteiger partial charge in [0.15, 0.2) is 17.9 Å². The molecule has 0 saturated carbocycles. The first-order valence-corrected chi connectivity index (χ1v) is 20.8. The molecule has 5 aromatic carbocycles. The van der Waals surface area contributed by atoms with Gasteiger partial charge in [0.2, 0.25) is 0 Å². The summed E-state index contributed by atoms with van der Waals surface area (Å²) in [6.07, 6.45) is 6.76. The first-order valence-electron chi connectivity index (χ1n) is 20.8. The van der Waals surface area contributed by atoms with Crippen molar-refractivity contribution in [2.75, 3.05) is 19.8 Å². The highest BCUT2D eigenvalue weighted by Gasteiger charge is 2.42. The molecule has 0 N–H and O–H groups in total. The minimum Gasteiger partial charge on any atom is -0.494 e. The number of ether oxygens (including phenoxy) is 6. The number of ketones is 2. The van der Waals surface area contributed by atoms with Crippen LogP contribution >= 0.6 is 0 Å². The number of carbonyl (C=O) groups is 4. The Labute approximate surface area is 351 Å². The first kappa shape index (κ1) is 43.5. The van der Waals surface area contributed by atoms with Crippen LogP contribution in [0.5, 0.6) is 23.0 Å². The summed E-state index contributed by atoms with van der Waals surface area (Å²) < 4.78 is 35.0. The lowest BCUT2D eigenvalue weighted by molar-refractivity contribution is -0.218. The molecule has 3 atom stereocenters. The molecule has 0 amide bonds. The molecule has 0 aliphatic carbocycles. The van der Waals surface area contributed by atoms with Crippen molar-refractivity contribution in [1.29, 1.82) is 0 Å². The molecule has 0 radical (unpaired) electrons. The molecule has 1 heterocycles. The molecule has 6 rings (SSSR count). The Hall–Kier alpha value is -6.10. The molecule has 5 aromatic rings. The fourth-order valence-electron chi connectivity index (χ4n) is 6.69. The Morgan fingerprint density at radius 1 is 0.500 bits per heavy atom. The van der Waals surface area contributed by atoms with Crippen molar-refractivity contribution in [3.63, 3.8) is 0 Å². The van der Waals surface area contributed by atoms with Crippen molar-refractivity contribution in [1.82, 2.24) is 0 Å². The lowest BCUT2D eigenvalue weighted by Gasteiger charge is -2.35. The van der Waals surface area contributed by atoms with Crippen LogP contribution < -0.4 is 18.9 Å². The number of unbranched alkanes of at least 4 members (excludes halogenated alkanes) is 6. The van der Waals surface area contributed by atoms with Crippen molar-refractivity contribution in [2.24, 2.45) is 5.92 Å². The van der Waals surface area contributed by atoms with Crippen molar-refractivity contribution in [3.8, 4) is 23.0 Å². The summed E-state index contributed by atoms with van der Waals surface area (Å²) in [5.74, 6) is -1.04. The Kier molecular flexibility index (Phi) is 16.2. The number of esters is 2. The molecule has 10 heteroatoms. The lowest BCUT2D eigenvalue weighted by Crippen LogP contribution is -2.45. The molecule has 1 saturated heterocycles. The fourth-order valence-corrected chi connectivity index (χ4v) is 6.69. The number of hydrogen-bond acceptors (Lipinski definition) is 10. The fraction of sp³-hybridized carbons (Fsp3) is 0.320. The van der Waals surface area contributed by atoms with Gasteiger partial charge in [0.25, 0.3) is 0 Å². The van der Waals surface area contributed by atoms with Gasteiger partial charge in [0.1, 0.15) is 29.1 Å². The maximum absolute atomic E-state index is 14.1. The highest BCUT2D eigenvalue weighted by atomic mass is 16.7. The van der Waals surface area contributed by atoms with E-state index in [2.05, 4.69) is 13.8 Å². The summed E-state index contributed by atoms with van der Waals surface area (Å²) in [5, 5.41) is 0. The lowest BCUT2D eigenvalue weighted by atomic mass is 9.87. The molecule has 1 aliphatic heterocycles. The predicted molar refractivity (Wildman–Crippen MR) is 227 cm³/mol. The zero-order valence-corrected chi connectivity index (χ0v) is 34.2. The van der Waals surface area contributed by atoms with Gasteiger partial charge in [0.05, 0.1) is 36.9 Å². The Bertz CT molecular complexity index is 2130. The highest BCUT2D eigenvalue weighted by Crippen LogP contribution is 2.34. The van der Waals surface area contributed by atoms with Gasteiger partial charge in [-0.15, -0.1) is 0 Å². The smallest absolute Gasteiger partial charge is 0.343 e. The molecule has 0 bridgehead atoms. The van der Waals surface area contributed by atoms with Crippen LogP contribution in [0, 0.1) is 5.92 Å². The van der Waals surface area contributed by atoms with Crippen LogP contribution in [0.4, 0.5) is 0 Å². The number of benzene rings is 5. The second-order valence-electron chi connectivity index (χ2n) is 14.7. The Morgan fingerprint density at radius 2 is 0.933 bits per heavy atom. The van der Waals surface area contributed by atoms with E-state index < -0.39 is 36.0 Å². The van der Waals surface area contributed by atoms with E-state index in [1.165, 1.54) is 49.2 Å². The van der Waals surface area contributed by atoms with Gasteiger partial charge in [-0.1, -0.05) is 82.7 Å². The van der Waals surface area contributed by atoms with Crippen LogP contribution in [0.2, 0.25) is 0 Å². The standard InChI is InChI=1S/C50H52O10/c1-3-5-7-12-32-55-40-24-20-37(21-25-40)48(53)58-42-28-16-35(17-29-42)45(51)44-34-57-50(39-14-10-9-11-15-39)60-47(44)46(52)36-18-30-43(31-19-36)59-49(54)38-22-26-41(27-23-38)56-33-13-8-6-4-2/h9-11,14-31,44,47,50H,3-8,12-13,32-34H2,1-2H3/t44-,47+,50-/m0/s1. The van der Waals surface area contributed by atoms with Gasteiger partial charge in [-0.25, -0.2) is 9.59 Å². The van der Waals surface area contributed by atoms with Crippen molar-refractivity contribution in [3.05, 3.63) is 155 Å². The topological polar surface area (TPSA) is 124 Å². The molecule has 0 aromatic heterocycles. The quantitative estimate of drug-likeness (QED) is 0.0306. The summed E-state index contributed by atoms with van der Waals surface area (Å²) in [6, 6.07) is 35.0. The van der Waals surface area contributed by atoms with Crippen molar-refractivity contribution < 1.29 is 47.6 Å². The predicted octanol–water partition coefficient (Wildman–Crippen LogP) is 10.8. The molecular formula is C50H52O10. The Morgan fingerprint density at radius 3 is 1.40 bits per heavy atom. The number of rotatable bonds is 21. The molecule has 0 unspecified atom stereocenters. The van der Waals surface area contributed by atoms with E-state index in [0.717, 1.165) is 38.5 Å². The highest BCUT2D eigenvalue weighted by molar-refractivity contribution is 6.06. The zero-order valence-electron chi connectivity index (χ0n) is 34.2. The van der Waals surface area contributed by atoms with Crippen molar-refractivity contribution in [2.45, 2.75) is 77.6 Å². The van der Waals surface area contributed by atoms with Crippen LogP contribution in [0.3, 0.4) is 0 Å². The minimum absolute atomic E-state index is 0.0810. The second-order valence-corrected chi connectivity index (χ2v) is 14.7. The summed E-state index contributed by atoms with van der Waals surface area (Å²) >= 11 is 0. The SMILES string of the molecule is CCCCCCOc1ccc(C(=O)Oc2ccc(C(=O)[C@@H]3CO[C@H](c4ccccc4)O[C@H]3C(=O)c3ccc(OC(=O)c4ccc(OCCCCCC)cc4)cc3)cc2)cc1. The van der Waals surface area contributed by atoms with Crippen LogP contribution in [0.15, 0.2) is 127 Å². The number of carbonyl (C=O) groups excluding carboxylic acids is 4. The third-order valence-corrected chi connectivity index (χ3v) is 10.1. The van der Waals surface area contributed by atoms with Gasteiger partial charge < -0.3 is 28.4 Å². The van der Waals surface area contributed by atoms with Gasteiger partial charge in [0, 0.05) is 16.7 Å². The number of hydrogen-bond donors (Lipinski definition) is 0. The second kappa shape index (κ2) is 22.3. The first-order chi connectivity index (χ1) is 29.3. The molecule has 312 valence electrons. The van der Waals surface area contributed by atoms with Crippen LogP contribution in [0.1, 0.15) is 118 Å². The van der Waals surface area contributed by atoms with Crippen LogP contribution in [-0.4, -0.2) is 49.4 Å². The molecule has 0 spiro atoms. The Balaban J connectivity index is 1.08. The molecular weight excluding hydrogens is 761 g/mol. The summed E-state index contributed by atoms with van der Waals surface area (Å²) in [5.41, 5.74) is 1.96. The van der Waals surface area contributed by atoms with E-state index in [1.54, 1.807) is 60.7 Å². The average Bonchev–Trinajstić information content (AvgIpc) is 3.29. The number of Topliss-reactive ketones (excluding diaryl/α,β-unsaturated/α-hetero) is 2. The van der Waals surface area contributed by atoms with E-state index in [1.807, 2.05) is 30.3 Å². The van der Waals surface area contributed by atoms with Gasteiger partial charge in [-0.2, -0.15) is 0 Å². The molecule has 60 heavy (non-hydrogen) atoms. The molecule has 1 aliphatic rings. The molecule has 10 nitrogen and oxygen atoms in total. The summed E-state index contributed by atoms with van der Waals surface area (Å²) in [4.78, 5) is 54.0. The summed E-state index contributed by atoms with van der Waals surface area (Å²) in [7, 11) is 0. The van der Waals surface area contributed by atoms with Crippen LogP contribution in [0.25, 0.3) is 0 Å². The average molecular weight is 813 g/mol. The maximum atomic E-state index is 14.1. The monoisotopic (exact) mass is 812 g/mol. The van der Waals surface area contributed by atoms with Gasteiger partial charge in [-0.05, 0) is 110 Å². The maximum Gasteiger partial charge on any atom is 0.343 e. The zero-order chi connectivity index (χ0) is 42.1. The van der Waals surface area contributed by atoms with Crippen LogP contribution in [-0.2, 0) is 9.47 Å². The molecule has 1 fully saturated rings. The van der Waals surface area contributed by atoms with E-state index in [-0.39, 0.29) is 35.0 Å². The third kappa shape index (κ3) is 12.2. The summed E-state index contributed by atoms with van der Waals surface area (Å²) in [6.45, 7) is 5.48. The van der Waals surface area contributed by atoms with E-state index in [0.29, 0.717) is 41.4 Å². The minimum atomic E-state index is -1.20. The van der Waals surface area contributed by atoms with E-state index >= 15 is 0 Å². The van der Waals surface area contributed by atoms with Gasteiger partial charge in [-0.3, -0.25) is 9.59 Å². The van der Waals surface area contributed by atoms with E-state index in [9.17, 15) is 19.2 Å². The third-order valence-electron chi connectivity index (χ3n) is 10.1. The van der Waals surface area contributed by atoms with Crippen molar-refractivity contribution >= 4 is 23.5 Å².